The number of aliphatic hydroxyl groups excluding tert-OH is 1. The molecule has 1 aliphatic carbocycles. The summed E-state index contributed by atoms with van der Waals surface area (Å²) in [5.41, 5.74) is 0. The van der Waals surface area contributed by atoms with Gasteiger partial charge in [-0.25, -0.2) is 0 Å². The molecule has 2 aliphatic rings. The van der Waals surface area contributed by atoms with E-state index in [-0.39, 0.29) is 12.2 Å². The lowest BCUT2D eigenvalue weighted by atomic mass is 9.98. The second-order valence-electron chi connectivity index (χ2n) is 2.64. The van der Waals surface area contributed by atoms with Gasteiger partial charge in [-0.05, 0) is 19.3 Å². The van der Waals surface area contributed by atoms with Crippen LogP contribution in [0.5, 0.6) is 0 Å². The minimum atomic E-state index is -0.145. The molecular weight excluding hydrogens is 104 g/mol. The molecule has 0 aromatic carbocycles. The number of ether oxygens (including phenoxy) is 1. The Morgan fingerprint density at radius 3 is 2.88 bits per heavy atom. The van der Waals surface area contributed by atoms with Crippen LogP contribution in [0.25, 0.3) is 0 Å². The summed E-state index contributed by atoms with van der Waals surface area (Å²) in [7, 11) is 0. The third-order valence-electron chi connectivity index (χ3n) is 1.99. The van der Waals surface area contributed by atoms with Gasteiger partial charge in [-0.3, -0.25) is 0 Å². The van der Waals surface area contributed by atoms with Crippen molar-refractivity contribution in [2.45, 2.75) is 37.6 Å². The number of epoxide rings is 1. The van der Waals surface area contributed by atoms with E-state index in [1.807, 2.05) is 0 Å². The van der Waals surface area contributed by atoms with Crippen LogP contribution < -0.4 is 0 Å². The molecule has 2 heteroatoms. The topological polar surface area (TPSA) is 32.8 Å². The molecule has 1 saturated heterocycles. The van der Waals surface area contributed by atoms with Crippen LogP contribution >= 0.6 is 0 Å². The molecule has 1 N–H and O–H groups in total. The highest BCUT2D eigenvalue weighted by Crippen LogP contribution is 2.36. The third-order valence-corrected chi connectivity index (χ3v) is 1.99. The Morgan fingerprint density at radius 1 is 1.38 bits per heavy atom. The van der Waals surface area contributed by atoms with Gasteiger partial charge in [0.05, 0.1) is 12.2 Å². The third kappa shape index (κ3) is 0.565. The Balaban J connectivity index is 1.99. The average Bonchev–Trinajstić information content (AvgIpc) is 2.45. The Kier molecular flexibility index (Phi) is 0.866. The van der Waals surface area contributed by atoms with E-state index in [1.54, 1.807) is 0 Å². The maximum absolute atomic E-state index is 9.09. The predicted octanol–water partition coefficient (Wildman–Crippen LogP) is 0.299. The molecule has 0 aromatic rings. The number of hydrogen-bond donors (Lipinski definition) is 1. The van der Waals surface area contributed by atoms with Crippen LogP contribution in [-0.4, -0.2) is 23.4 Å². The molecule has 3 atom stereocenters. The largest absolute Gasteiger partial charge is 0.390 e. The van der Waals surface area contributed by atoms with Crippen molar-refractivity contribution in [3.05, 3.63) is 0 Å². The van der Waals surface area contributed by atoms with Crippen molar-refractivity contribution in [1.82, 2.24) is 0 Å². The minimum absolute atomic E-state index is 0.145. The van der Waals surface area contributed by atoms with Crippen LogP contribution in [0.4, 0.5) is 0 Å². The van der Waals surface area contributed by atoms with Crippen LogP contribution in [0.15, 0.2) is 0 Å². The zero-order valence-electron chi connectivity index (χ0n) is 4.71. The van der Waals surface area contributed by atoms with Crippen molar-refractivity contribution in [3.63, 3.8) is 0 Å². The maximum Gasteiger partial charge on any atom is 0.110 e. The van der Waals surface area contributed by atoms with Gasteiger partial charge in [-0.15, -0.1) is 0 Å². The maximum atomic E-state index is 9.09. The first-order chi connectivity index (χ1) is 3.88. The molecule has 2 fully saturated rings. The molecule has 1 aliphatic heterocycles. The molecule has 0 radical (unpaired) electrons. The molecule has 0 bridgehead atoms. The monoisotopic (exact) mass is 114 g/mol. The minimum Gasteiger partial charge on any atom is -0.390 e. The lowest BCUT2D eigenvalue weighted by Crippen LogP contribution is -2.20. The number of fused-ring (bicyclic) bond motifs is 1. The smallest absolute Gasteiger partial charge is 0.110 e. The Morgan fingerprint density at radius 2 is 2.25 bits per heavy atom. The lowest BCUT2D eigenvalue weighted by molar-refractivity contribution is 0.124. The first-order valence-electron chi connectivity index (χ1n) is 3.21. The van der Waals surface area contributed by atoms with Gasteiger partial charge < -0.3 is 9.84 Å². The van der Waals surface area contributed by atoms with E-state index >= 15 is 0 Å². The van der Waals surface area contributed by atoms with Crippen LogP contribution in [0.3, 0.4) is 0 Å². The van der Waals surface area contributed by atoms with E-state index < -0.39 is 0 Å². The summed E-state index contributed by atoms with van der Waals surface area (Å²) < 4.78 is 5.14. The van der Waals surface area contributed by atoms with E-state index in [4.69, 9.17) is 9.84 Å². The lowest BCUT2D eigenvalue weighted by Gasteiger charge is -2.10. The summed E-state index contributed by atoms with van der Waals surface area (Å²) in [6.45, 7) is 0. The summed E-state index contributed by atoms with van der Waals surface area (Å²) in [4.78, 5) is 0. The van der Waals surface area contributed by atoms with Crippen molar-refractivity contribution >= 4 is 0 Å². The van der Waals surface area contributed by atoms with Gasteiger partial charge in [0.1, 0.15) is 6.10 Å². The van der Waals surface area contributed by atoms with E-state index in [9.17, 15) is 0 Å². The second kappa shape index (κ2) is 1.45. The van der Waals surface area contributed by atoms with Crippen molar-refractivity contribution in [2.75, 3.05) is 0 Å². The average molecular weight is 114 g/mol. The summed E-state index contributed by atoms with van der Waals surface area (Å²) in [5.74, 6) is 0. The molecule has 46 valence electrons. The van der Waals surface area contributed by atoms with E-state index in [0.717, 1.165) is 12.8 Å². The van der Waals surface area contributed by atoms with Crippen molar-refractivity contribution < 1.29 is 9.84 Å². The first kappa shape index (κ1) is 4.77. The molecule has 0 aromatic heterocycles. The summed E-state index contributed by atoms with van der Waals surface area (Å²) in [6.07, 6.45) is 3.77. The molecule has 0 amide bonds. The zero-order valence-corrected chi connectivity index (χ0v) is 4.71. The van der Waals surface area contributed by atoms with Crippen LogP contribution in [0.1, 0.15) is 19.3 Å². The van der Waals surface area contributed by atoms with Gasteiger partial charge in [-0.1, -0.05) is 0 Å². The van der Waals surface area contributed by atoms with Crippen LogP contribution in [0, 0.1) is 0 Å². The van der Waals surface area contributed by atoms with Crippen molar-refractivity contribution in [2.24, 2.45) is 0 Å². The molecule has 2 nitrogen and oxygen atoms in total. The van der Waals surface area contributed by atoms with E-state index in [2.05, 4.69) is 0 Å². The number of hydrogen-bond acceptors (Lipinski definition) is 2. The number of aliphatic hydroxyl groups is 1. The van der Waals surface area contributed by atoms with Crippen molar-refractivity contribution in [1.29, 1.82) is 0 Å². The molecular formula is C6H10O2. The molecule has 1 saturated carbocycles. The van der Waals surface area contributed by atoms with E-state index in [1.165, 1.54) is 6.42 Å². The summed E-state index contributed by atoms with van der Waals surface area (Å²) in [5, 5.41) is 9.09. The van der Waals surface area contributed by atoms with Crippen LogP contribution in [-0.2, 0) is 4.74 Å². The normalized spacial score (nSPS) is 52.9. The van der Waals surface area contributed by atoms with Gasteiger partial charge in [0.25, 0.3) is 0 Å². The predicted molar refractivity (Wildman–Crippen MR) is 28.5 cm³/mol. The standard InChI is InChI=1S/C6H10O2/c7-4-2-1-3-5-6(4)8-5/h4-7H,1-3H2/t4-,5?,6?/m0/s1. The summed E-state index contributed by atoms with van der Waals surface area (Å²) >= 11 is 0. The molecule has 8 heavy (non-hydrogen) atoms. The zero-order chi connectivity index (χ0) is 5.56. The fraction of sp³-hybridized carbons (Fsp3) is 1.00. The second-order valence-corrected chi connectivity index (χ2v) is 2.64. The Bertz CT molecular complexity index is 103. The number of rotatable bonds is 0. The van der Waals surface area contributed by atoms with Gasteiger partial charge >= 0.3 is 0 Å². The van der Waals surface area contributed by atoms with Gasteiger partial charge in [-0.2, -0.15) is 0 Å². The van der Waals surface area contributed by atoms with Gasteiger partial charge in [0.15, 0.2) is 0 Å². The quantitative estimate of drug-likeness (QED) is 0.459. The molecule has 0 spiro atoms. The highest BCUT2D eigenvalue weighted by molar-refractivity contribution is 4.94. The van der Waals surface area contributed by atoms with Crippen LogP contribution in [0.2, 0.25) is 0 Å². The molecule has 1 heterocycles. The Labute approximate surface area is 48.5 Å². The fourth-order valence-electron chi connectivity index (χ4n) is 1.42. The summed E-state index contributed by atoms with van der Waals surface area (Å²) in [6, 6.07) is 0. The highest BCUT2D eigenvalue weighted by atomic mass is 16.6. The van der Waals surface area contributed by atoms with E-state index in [0.29, 0.717) is 6.10 Å². The molecule has 2 rings (SSSR count). The fourth-order valence-corrected chi connectivity index (χ4v) is 1.42. The van der Waals surface area contributed by atoms with Gasteiger partial charge in [0, 0.05) is 0 Å². The first-order valence-corrected chi connectivity index (χ1v) is 3.21. The van der Waals surface area contributed by atoms with Gasteiger partial charge in [0.2, 0.25) is 0 Å². The SMILES string of the molecule is O[C@H]1CCCC2OC21. The molecule has 2 unspecified atom stereocenters. The Hall–Kier alpha value is -0.0800. The highest BCUT2D eigenvalue weighted by Gasteiger charge is 2.46. The van der Waals surface area contributed by atoms with Crippen molar-refractivity contribution in [3.8, 4) is 0 Å².